The molecule has 0 fully saturated rings. The Balaban J connectivity index is 1.80. The molecule has 8 heteroatoms. The van der Waals surface area contributed by atoms with Crippen molar-refractivity contribution in [3.05, 3.63) is 42.5 Å². The highest BCUT2D eigenvalue weighted by atomic mass is 32.2. The van der Waals surface area contributed by atoms with Crippen molar-refractivity contribution in [2.24, 2.45) is 7.05 Å². The van der Waals surface area contributed by atoms with Crippen LogP contribution in [0, 0.1) is 0 Å². The van der Waals surface area contributed by atoms with Crippen molar-refractivity contribution in [1.29, 1.82) is 0 Å². The van der Waals surface area contributed by atoms with Crippen LogP contribution in [-0.4, -0.2) is 35.0 Å². The van der Waals surface area contributed by atoms with Gasteiger partial charge in [-0.3, -0.25) is 0 Å². The molecule has 3 aromatic rings. The predicted molar refractivity (Wildman–Crippen MR) is 69.7 cm³/mol. The number of para-hydroxylation sites is 1. The van der Waals surface area contributed by atoms with E-state index in [4.69, 9.17) is 0 Å². The molecule has 0 radical (unpaired) electrons. The van der Waals surface area contributed by atoms with Crippen molar-refractivity contribution in [1.82, 2.24) is 35.0 Å². The molecule has 0 aliphatic carbocycles. The zero-order valence-electron chi connectivity index (χ0n) is 10.2. The van der Waals surface area contributed by atoms with Gasteiger partial charge >= 0.3 is 0 Å². The number of rotatable bonds is 4. The molecule has 0 bridgehead atoms. The van der Waals surface area contributed by atoms with Crippen LogP contribution in [0.1, 0.15) is 5.82 Å². The summed E-state index contributed by atoms with van der Waals surface area (Å²) in [6.45, 7) is 0. The molecule has 0 N–H and O–H groups in total. The Morgan fingerprint density at radius 1 is 1.16 bits per heavy atom. The van der Waals surface area contributed by atoms with Crippen LogP contribution >= 0.6 is 11.8 Å². The summed E-state index contributed by atoms with van der Waals surface area (Å²) in [5.41, 5.74) is 0.945. The highest BCUT2D eigenvalue weighted by Gasteiger charge is 2.10. The summed E-state index contributed by atoms with van der Waals surface area (Å²) < 4.78 is 3.59. The highest BCUT2D eigenvalue weighted by Crippen LogP contribution is 2.19. The average Bonchev–Trinajstić information content (AvgIpc) is 3.06. The SMILES string of the molecule is Cn1cnnc1SCc1nnnn1-c1ccccc1. The summed E-state index contributed by atoms with van der Waals surface area (Å²) in [7, 11) is 1.91. The molecule has 0 aliphatic heterocycles. The molecule has 2 aromatic heterocycles. The van der Waals surface area contributed by atoms with E-state index >= 15 is 0 Å². The van der Waals surface area contributed by atoms with Crippen LogP contribution in [0.3, 0.4) is 0 Å². The van der Waals surface area contributed by atoms with Gasteiger partial charge < -0.3 is 4.57 Å². The fourth-order valence-electron chi connectivity index (χ4n) is 1.60. The quantitative estimate of drug-likeness (QED) is 0.662. The van der Waals surface area contributed by atoms with E-state index in [2.05, 4.69) is 25.7 Å². The van der Waals surface area contributed by atoms with Gasteiger partial charge in [0, 0.05) is 7.05 Å². The fourth-order valence-corrected chi connectivity index (χ4v) is 2.39. The van der Waals surface area contributed by atoms with Gasteiger partial charge in [-0.2, -0.15) is 4.68 Å². The minimum atomic E-state index is 0.633. The maximum atomic E-state index is 4.05. The Morgan fingerprint density at radius 3 is 2.74 bits per heavy atom. The molecule has 1 aromatic carbocycles. The van der Waals surface area contributed by atoms with Crippen molar-refractivity contribution in [3.8, 4) is 5.69 Å². The third-order valence-corrected chi connectivity index (χ3v) is 3.57. The molecule has 0 aliphatic rings. The molecule has 0 unspecified atom stereocenters. The number of thioether (sulfide) groups is 1. The van der Waals surface area contributed by atoms with Crippen molar-refractivity contribution in [2.45, 2.75) is 10.9 Å². The van der Waals surface area contributed by atoms with Crippen LogP contribution in [-0.2, 0) is 12.8 Å². The summed E-state index contributed by atoms with van der Waals surface area (Å²) in [6, 6.07) is 9.80. The minimum absolute atomic E-state index is 0.633. The van der Waals surface area contributed by atoms with Crippen LogP contribution in [0.4, 0.5) is 0 Å². The van der Waals surface area contributed by atoms with Gasteiger partial charge in [0.1, 0.15) is 6.33 Å². The minimum Gasteiger partial charge on any atom is -0.312 e. The van der Waals surface area contributed by atoms with E-state index < -0.39 is 0 Å². The summed E-state index contributed by atoms with van der Waals surface area (Å²) in [6.07, 6.45) is 1.67. The summed E-state index contributed by atoms with van der Waals surface area (Å²) in [5.74, 6) is 1.41. The molecule has 96 valence electrons. The Bertz CT molecular complexity index is 661. The number of tetrazole rings is 1. The molecule has 0 atom stereocenters. The van der Waals surface area contributed by atoms with E-state index in [9.17, 15) is 0 Å². The first-order valence-electron chi connectivity index (χ1n) is 5.64. The second kappa shape index (κ2) is 5.19. The van der Waals surface area contributed by atoms with Crippen LogP contribution in [0.15, 0.2) is 41.8 Å². The maximum absolute atomic E-state index is 4.05. The lowest BCUT2D eigenvalue weighted by Crippen LogP contribution is -2.02. The Kier molecular flexibility index (Phi) is 3.23. The molecule has 3 rings (SSSR count). The van der Waals surface area contributed by atoms with Crippen molar-refractivity contribution in [2.75, 3.05) is 0 Å². The maximum Gasteiger partial charge on any atom is 0.191 e. The molecular formula is C11H11N7S. The standard InChI is InChI=1S/C11H11N7S/c1-17-8-12-14-11(17)19-7-10-13-15-16-18(10)9-5-3-2-4-6-9/h2-6,8H,7H2,1H3. The van der Waals surface area contributed by atoms with Crippen molar-refractivity contribution in [3.63, 3.8) is 0 Å². The summed E-state index contributed by atoms with van der Waals surface area (Å²) in [5, 5.41) is 20.5. The first kappa shape index (κ1) is 11.8. The van der Waals surface area contributed by atoms with Gasteiger partial charge in [0.05, 0.1) is 11.4 Å². The second-order valence-electron chi connectivity index (χ2n) is 3.86. The number of benzene rings is 1. The normalized spacial score (nSPS) is 10.8. The topological polar surface area (TPSA) is 74.3 Å². The molecule has 2 heterocycles. The van der Waals surface area contributed by atoms with Gasteiger partial charge in [0.25, 0.3) is 0 Å². The number of nitrogens with zero attached hydrogens (tertiary/aromatic N) is 7. The van der Waals surface area contributed by atoms with E-state index in [1.165, 1.54) is 0 Å². The molecule has 0 spiro atoms. The highest BCUT2D eigenvalue weighted by molar-refractivity contribution is 7.98. The second-order valence-corrected chi connectivity index (χ2v) is 4.80. The number of aromatic nitrogens is 7. The lowest BCUT2D eigenvalue weighted by atomic mass is 10.3. The monoisotopic (exact) mass is 273 g/mol. The van der Waals surface area contributed by atoms with E-state index in [-0.39, 0.29) is 0 Å². The van der Waals surface area contributed by atoms with Crippen LogP contribution in [0.5, 0.6) is 0 Å². The Labute approximate surface area is 113 Å². The van der Waals surface area contributed by atoms with E-state index in [0.29, 0.717) is 5.75 Å². The molecule has 0 amide bonds. The lowest BCUT2D eigenvalue weighted by molar-refractivity contribution is 0.773. The van der Waals surface area contributed by atoms with Crippen LogP contribution in [0.25, 0.3) is 5.69 Å². The van der Waals surface area contributed by atoms with E-state index in [1.54, 1.807) is 22.8 Å². The third kappa shape index (κ3) is 2.48. The summed E-state index contributed by atoms with van der Waals surface area (Å²) in [4.78, 5) is 0. The molecule has 0 saturated heterocycles. The number of aryl methyl sites for hydroxylation is 1. The first-order chi connectivity index (χ1) is 9.34. The average molecular weight is 273 g/mol. The van der Waals surface area contributed by atoms with Crippen LogP contribution in [0.2, 0.25) is 0 Å². The summed E-state index contributed by atoms with van der Waals surface area (Å²) >= 11 is 1.55. The van der Waals surface area contributed by atoms with Gasteiger partial charge in [-0.25, -0.2) is 0 Å². The van der Waals surface area contributed by atoms with Crippen LogP contribution < -0.4 is 0 Å². The molecule has 19 heavy (non-hydrogen) atoms. The zero-order chi connectivity index (χ0) is 13.1. The van der Waals surface area contributed by atoms with E-state index in [0.717, 1.165) is 16.7 Å². The van der Waals surface area contributed by atoms with Crippen molar-refractivity contribution >= 4 is 11.8 Å². The smallest absolute Gasteiger partial charge is 0.191 e. The first-order valence-corrected chi connectivity index (χ1v) is 6.62. The number of hydrogen-bond acceptors (Lipinski definition) is 6. The molecule has 0 saturated carbocycles. The molecular weight excluding hydrogens is 262 g/mol. The largest absolute Gasteiger partial charge is 0.312 e. The lowest BCUT2D eigenvalue weighted by Gasteiger charge is -2.03. The fraction of sp³-hybridized carbons (Fsp3) is 0.182. The van der Waals surface area contributed by atoms with E-state index in [1.807, 2.05) is 41.9 Å². The van der Waals surface area contributed by atoms with Gasteiger partial charge in [-0.15, -0.1) is 15.3 Å². The third-order valence-electron chi connectivity index (χ3n) is 2.54. The Morgan fingerprint density at radius 2 is 2.00 bits per heavy atom. The van der Waals surface area contributed by atoms with Crippen molar-refractivity contribution < 1.29 is 0 Å². The van der Waals surface area contributed by atoms with Gasteiger partial charge in [0.2, 0.25) is 0 Å². The zero-order valence-corrected chi connectivity index (χ0v) is 11.0. The number of hydrogen-bond donors (Lipinski definition) is 0. The predicted octanol–water partition coefficient (Wildman–Crippen LogP) is 1.08. The Hall–Kier alpha value is -2.22. The molecule has 7 nitrogen and oxygen atoms in total. The van der Waals surface area contributed by atoms with Gasteiger partial charge in [0.15, 0.2) is 11.0 Å². The van der Waals surface area contributed by atoms with Gasteiger partial charge in [-0.1, -0.05) is 30.0 Å². The van der Waals surface area contributed by atoms with Gasteiger partial charge in [-0.05, 0) is 22.6 Å².